The molecule has 0 spiro atoms. The summed E-state index contributed by atoms with van der Waals surface area (Å²) in [6.07, 6.45) is 1.69. The summed E-state index contributed by atoms with van der Waals surface area (Å²) in [7, 11) is 0. The predicted octanol–water partition coefficient (Wildman–Crippen LogP) is 4.19. The maximum absolute atomic E-state index is 13.3. The number of aromatic nitrogens is 2. The molecule has 1 aliphatic rings. The maximum atomic E-state index is 13.3. The molecule has 1 aliphatic heterocycles. The van der Waals surface area contributed by atoms with E-state index in [0.29, 0.717) is 28.0 Å². The average Bonchev–Trinajstić information content (AvgIpc) is 3.05. The standard InChI is InChI=1S/C24H17N3O2/c1-15-10-12-16(13-11-15)27-22(25-21-9-5-3-7-18(21)24(27)29)14-19-17-6-2-4-8-20(17)26-23(19)28/h2-14H,1H3,(H,26,28)/b19-14+. The van der Waals surface area contributed by atoms with Gasteiger partial charge in [0.2, 0.25) is 0 Å². The van der Waals surface area contributed by atoms with Gasteiger partial charge in [-0.2, -0.15) is 0 Å². The van der Waals surface area contributed by atoms with E-state index in [4.69, 9.17) is 4.98 Å². The van der Waals surface area contributed by atoms with Gasteiger partial charge in [-0.1, -0.05) is 48.0 Å². The Morgan fingerprint density at radius 1 is 0.897 bits per heavy atom. The van der Waals surface area contributed by atoms with Crippen molar-refractivity contribution in [3.05, 3.63) is 100 Å². The van der Waals surface area contributed by atoms with Gasteiger partial charge in [-0.05, 0) is 43.3 Å². The number of hydrogen-bond donors (Lipinski definition) is 1. The molecule has 0 aliphatic carbocycles. The van der Waals surface area contributed by atoms with Crippen LogP contribution in [0.2, 0.25) is 0 Å². The fraction of sp³-hybridized carbons (Fsp3) is 0.0417. The summed E-state index contributed by atoms with van der Waals surface area (Å²) in [6, 6.07) is 22.4. The van der Waals surface area contributed by atoms with Crippen molar-refractivity contribution in [1.29, 1.82) is 0 Å². The average molecular weight is 379 g/mol. The Labute approximate surface area is 167 Å². The molecule has 0 saturated carbocycles. The number of hydrogen-bond acceptors (Lipinski definition) is 3. The second-order valence-corrected chi connectivity index (χ2v) is 7.02. The minimum atomic E-state index is -0.205. The van der Waals surface area contributed by atoms with Crippen LogP contribution in [0, 0.1) is 6.92 Å². The molecular weight excluding hydrogens is 362 g/mol. The lowest BCUT2D eigenvalue weighted by atomic mass is 10.1. The second kappa shape index (κ2) is 6.56. The molecule has 0 atom stereocenters. The highest BCUT2D eigenvalue weighted by Gasteiger charge is 2.24. The summed E-state index contributed by atoms with van der Waals surface area (Å²) in [5, 5.41) is 3.40. The smallest absolute Gasteiger partial charge is 0.266 e. The number of aryl methyl sites for hydroxylation is 1. The van der Waals surface area contributed by atoms with Crippen LogP contribution in [0.1, 0.15) is 17.0 Å². The number of nitrogens with one attached hydrogen (secondary N) is 1. The van der Waals surface area contributed by atoms with Crippen LogP contribution in [0.4, 0.5) is 5.69 Å². The molecular formula is C24H17N3O2. The van der Waals surface area contributed by atoms with Gasteiger partial charge in [-0.25, -0.2) is 4.98 Å². The van der Waals surface area contributed by atoms with E-state index in [9.17, 15) is 9.59 Å². The molecule has 5 rings (SSSR count). The van der Waals surface area contributed by atoms with Gasteiger partial charge >= 0.3 is 0 Å². The Kier molecular flexibility index (Phi) is 3.88. The van der Waals surface area contributed by atoms with Gasteiger partial charge < -0.3 is 5.32 Å². The zero-order chi connectivity index (χ0) is 20.0. The molecule has 1 N–H and O–H groups in total. The fourth-order valence-corrected chi connectivity index (χ4v) is 3.60. The number of fused-ring (bicyclic) bond motifs is 2. The number of nitrogens with zero attached hydrogens (tertiary/aromatic N) is 2. The number of carbonyl (C=O) groups is 1. The SMILES string of the molecule is Cc1ccc(-n2c(/C=C3/C(=O)Nc4ccccc43)nc3ccccc3c2=O)cc1. The van der Waals surface area contributed by atoms with Crippen molar-refractivity contribution in [1.82, 2.24) is 9.55 Å². The van der Waals surface area contributed by atoms with Crippen molar-refractivity contribution in [2.45, 2.75) is 6.92 Å². The monoisotopic (exact) mass is 379 g/mol. The van der Waals surface area contributed by atoms with Crippen molar-refractivity contribution >= 4 is 34.1 Å². The van der Waals surface area contributed by atoms with Gasteiger partial charge in [0.1, 0.15) is 5.82 Å². The Bertz CT molecular complexity index is 1370. The number of anilines is 1. The Morgan fingerprint density at radius 3 is 2.45 bits per heavy atom. The van der Waals surface area contributed by atoms with Crippen LogP contribution >= 0.6 is 0 Å². The van der Waals surface area contributed by atoms with E-state index in [1.54, 1.807) is 22.8 Å². The molecule has 0 fully saturated rings. The Morgan fingerprint density at radius 2 is 1.62 bits per heavy atom. The highest BCUT2D eigenvalue weighted by molar-refractivity contribution is 6.34. The lowest BCUT2D eigenvalue weighted by molar-refractivity contribution is -0.110. The topological polar surface area (TPSA) is 64.0 Å². The maximum Gasteiger partial charge on any atom is 0.266 e. The van der Waals surface area contributed by atoms with Gasteiger partial charge in [0.25, 0.3) is 11.5 Å². The van der Waals surface area contributed by atoms with Crippen LogP contribution in [-0.4, -0.2) is 15.5 Å². The van der Waals surface area contributed by atoms with E-state index in [-0.39, 0.29) is 11.5 Å². The lowest BCUT2D eigenvalue weighted by Crippen LogP contribution is -2.22. The molecule has 5 nitrogen and oxygen atoms in total. The summed E-state index contributed by atoms with van der Waals surface area (Å²) < 4.78 is 1.56. The lowest BCUT2D eigenvalue weighted by Gasteiger charge is -2.12. The number of amides is 1. The van der Waals surface area contributed by atoms with E-state index in [0.717, 1.165) is 16.8 Å². The summed E-state index contributed by atoms with van der Waals surface area (Å²) in [4.78, 5) is 30.6. The predicted molar refractivity (Wildman–Crippen MR) is 115 cm³/mol. The van der Waals surface area contributed by atoms with E-state index >= 15 is 0 Å². The summed E-state index contributed by atoms with van der Waals surface area (Å²) in [6.45, 7) is 1.99. The van der Waals surface area contributed by atoms with Crippen molar-refractivity contribution in [2.24, 2.45) is 0 Å². The molecule has 29 heavy (non-hydrogen) atoms. The zero-order valence-electron chi connectivity index (χ0n) is 15.7. The molecule has 0 bridgehead atoms. The Balaban J connectivity index is 1.82. The number of para-hydroxylation sites is 2. The third-order valence-electron chi connectivity index (χ3n) is 5.08. The van der Waals surface area contributed by atoms with Crippen LogP contribution in [0.15, 0.2) is 77.6 Å². The van der Waals surface area contributed by atoms with Gasteiger partial charge in [-0.3, -0.25) is 14.2 Å². The van der Waals surface area contributed by atoms with E-state index in [1.165, 1.54) is 0 Å². The number of carbonyl (C=O) groups excluding carboxylic acids is 1. The highest BCUT2D eigenvalue weighted by Crippen LogP contribution is 2.32. The van der Waals surface area contributed by atoms with Gasteiger partial charge in [0.15, 0.2) is 0 Å². The second-order valence-electron chi connectivity index (χ2n) is 7.02. The van der Waals surface area contributed by atoms with Crippen molar-refractivity contribution in [2.75, 3.05) is 5.32 Å². The first-order valence-corrected chi connectivity index (χ1v) is 9.33. The third-order valence-corrected chi connectivity index (χ3v) is 5.08. The van der Waals surface area contributed by atoms with Crippen LogP contribution in [0.3, 0.4) is 0 Å². The van der Waals surface area contributed by atoms with Crippen LogP contribution < -0.4 is 10.9 Å². The van der Waals surface area contributed by atoms with Crippen LogP contribution in [-0.2, 0) is 4.79 Å². The summed E-state index contributed by atoms with van der Waals surface area (Å²) >= 11 is 0. The molecule has 3 aromatic carbocycles. The molecule has 1 aromatic heterocycles. The first-order valence-electron chi connectivity index (χ1n) is 9.33. The molecule has 4 aromatic rings. The molecule has 140 valence electrons. The zero-order valence-corrected chi connectivity index (χ0v) is 15.7. The number of rotatable bonds is 2. The van der Waals surface area contributed by atoms with Crippen molar-refractivity contribution in [3.8, 4) is 5.69 Å². The number of benzene rings is 3. The van der Waals surface area contributed by atoms with Crippen molar-refractivity contribution in [3.63, 3.8) is 0 Å². The fourth-order valence-electron chi connectivity index (χ4n) is 3.60. The molecule has 1 amide bonds. The minimum Gasteiger partial charge on any atom is -0.321 e. The molecule has 2 heterocycles. The van der Waals surface area contributed by atoms with Crippen LogP contribution in [0.5, 0.6) is 0 Å². The Hall–Kier alpha value is -3.99. The summed E-state index contributed by atoms with van der Waals surface area (Å²) in [5.41, 5.74) is 4.28. The molecule has 0 saturated heterocycles. The first kappa shape index (κ1) is 17.1. The van der Waals surface area contributed by atoms with Gasteiger partial charge in [0, 0.05) is 11.3 Å². The van der Waals surface area contributed by atoms with E-state index < -0.39 is 0 Å². The van der Waals surface area contributed by atoms with Gasteiger partial charge in [0.05, 0.1) is 22.2 Å². The highest BCUT2D eigenvalue weighted by atomic mass is 16.2. The van der Waals surface area contributed by atoms with E-state index in [1.807, 2.05) is 67.6 Å². The summed E-state index contributed by atoms with van der Waals surface area (Å²) in [5.74, 6) is 0.212. The third kappa shape index (κ3) is 2.84. The normalized spacial score (nSPS) is 14.2. The largest absolute Gasteiger partial charge is 0.321 e. The van der Waals surface area contributed by atoms with E-state index in [2.05, 4.69) is 5.32 Å². The van der Waals surface area contributed by atoms with Gasteiger partial charge in [-0.15, -0.1) is 0 Å². The molecule has 0 unspecified atom stereocenters. The minimum absolute atomic E-state index is 0.169. The van der Waals surface area contributed by atoms with Crippen LogP contribution in [0.25, 0.3) is 28.2 Å². The molecule has 0 radical (unpaired) electrons. The first-order chi connectivity index (χ1) is 14.1. The molecule has 5 heteroatoms. The quantitative estimate of drug-likeness (QED) is 0.531. The van der Waals surface area contributed by atoms with Crippen molar-refractivity contribution < 1.29 is 4.79 Å².